The second-order valence-corrected chi connectivity index (χ2v) is 3.63. The molecule has 0 aliphatic carbocycles. The van der Waals surface area contributed by atoms with Crippen LogP contribution in [0.15, 0.2) is 12.7 Å². The molecule has 0 unspecified atom stereocenters. The molecule has 1 fully saturated rings. The molecule has 14 heavy (non-hydrogen) atoms. The second kappa shape index (κ2) is 6.60. The zero-order chi connectivity index (χ0) is 10.2. The number of nitrogens with zero attached hydrogens (tertiary/aromatic N) is 1. The van der Waals surface area contributed by atoms with Crippen LogP contribution < -0.4 is 0 Å². The molecule has 80 valence electrons. The second-order valence-electron chi connectivity index (χ2n) is 3.63. The molecule has 0 radical (unpaired) electrons. The highest BCUT2D eigenvalue weighted by Crippen LogP contribution is 2.08. The van der Waals surface area contributed by atoms with Gasteiger partial charge in [0, 0.05) is 6.08 Å². The minimum Gasteiger partial charge on any atom is -0.463 e. The molecule has 1 aliphatic rings. The Morgan fingerprint density at radius 1 is 1.36 bits per heavy atom. The van der Waals surface area contributed by atoms with E-state index in [0.29, 0.717) is 6.61 Å². The van der Waals surface area contributed by atoms with E-state index in [1.165, 1.54) is 32.0 Å². The monoisotopic (exact) mass is 197 g/mol. The van der Waals surface area contributed by atoms with Crippen LogP contribution in [0.3, 0.4) is 0 Å². The predicted octanol–water partition coefficient (Wildman–Crippen LogP) is 1.59. The van der Waals surface area contributed by atoms with Gasteiger partial charge in [-0.15, -0.1) is 0 Å². The van der Waals surface area contributed by atoms with Gasteiger partial charge in [-0.3, -0.25) is 0 Å². The Labute approximate surface area is 85.7 Å². The van der Waals surface area contributed by atoms with Gasteiger partial charge in [0.15, 0.2) is 0 Å². The molecule has 0 spiro atoms. The van der Waals surface area contributed by atoms with Crippen LogP contribution in [0.2, 0.25) is 0 Å². The van der Waals surface area contributed by atoms with Crippen molar-refractivity contribution < 1.29 is 9.53 Å². The molecule has 0 aromatic rings. The Morgan fingerprint density at radius 3 is 2.71 bits per heavy atom. The number of carbonyl (C=O) groups is 1. The average molecular weight is 197 g/mol. The molecule has 3 nitrogen and oxygen atoms in total. The Morgan fingerprint density at radius 2 is 2.07 bits per heavy atom. The maximum atomic E-state index is 10.7. The minimum absolute atomic E-state index is 0.314. The van der Waals surface area contributed by atoms with Crippen LogP contribution in [-0.4, -0.2) is 37.1 Å². The molecule has 1 saturated heterocycles. The summed E-state index contributed by atoms with van der Waals surface area (Å²) in [4.78, 5) is 13.1. The molecule has 0 atom stereocenters. The van der Waals surface area contributed by atoms with Gasteiger partial charge in [-0.1, -0.05) is 6.58 Å². The number of esters is 1. The van der Waals surface area contributed by atoms with E-state index in [2.05, 4.69) is 11.5 Å². The van der Waals surface area contributed by atoms with E-state index in [9.17, 15) is 4.79 Å². The molecule has 0 amide bonds. The highest BCUT2D eigenvalue weighted by molar-refractivity contribution is 5.81. The molecule has 0 bridgehead atoms. The highest BCUT2D eigenvalue weighted by atomic mass is 16.5. The third kappa shape index (κ3) is 4.42. The SMILES string of the molecule is C=CC(=O)OCCCCN1CCCC1. The van der Waals surface area contributed by atoms with Crippen molar-refractivity contribution in [3.63, 3.8) is 0 Å². The van der Waals surface area contributed by atoms with Crippen molar-refractivity contribution in [3.8, 4) is 0 Å². The number of ether oxygens (including phenoxy) is 1. The molecular formula is C11H19NO2. The van der Waals surface area contributed by atoms with Gasteiger partial charge in [0.25, 0.3) is 0 Å². The average Bonchev–Trinajstić information content (AvgIpc) is 2.69. The first-order valence-corrected chi connectivity index (χ1v) is 5.34. The fourth-order valence-electron chi connectivity index (χ4n) is 1.68. The van der Waals surface area contributed by atoms with Crippen molar-refractivity contribution in [1.29, 1.82) is 0 Å². The van der Waals surface area contributed by atoms with Gasteiger partial charge in [-0.25, -0.2) is 4.79 Å². The predicted molar refractivity (Wildman–Crippen MR) is 56.1 cm³/mol. The van der Waals surface area contributed by atoms with Crippen molar-refractivity contribution in [2.24, 2.45) is 0 Å². The van der Waals surface area contributed by atoms with Crippen molar-refractivity contribution in [3.05, 3.63) is 12.7 Å². The van der Waals surface area contributed by atoms with Crippen LogP contribution >= 0.6 is 0 Å². The van der Waals surface area contributed by atoms with Crippen molar-refractivity contribution in [2.75, 3.05) is 26.2 Å². The molecule has 0 aromatic heterocycles. The summed E-state index contributed by atoms with van der Waals surface area (Å²) in [5.41, 5.74) is 0. The maximum Gasteiger partial charge on any atom is 0.330 e. The van der Waals surface area contributed by atoms with Crippen LogP contribution in [0.25, 0.3) is 0 Å². The quantitative estimate of drug-likeness (QED) is 0.368. The molecular weight excluding hydrogens is 178 g/mol. The summed E-state index contributed by atoms with van der Waals surface area (Å²) in [7, 11) is 0. The molecule has 0 N–H and O–H groups in total. The van der Waals surface area contributed by atoms with Crippen LogP contribution in [0.1, 0.15) is 25.7 Å². The van der Waals surface area contributed by atoms with Gasteiger partial charge in [0.2, 0.25) is 0 Å². The molecule has 1 heterocycles. The van der Waals surface area contributed by atoms with Gasteiger partial charge < -0.3 is 9.64 Å². The first-order chi connectivity index (χ1) is 6.83. The molecule has 3 heteroatoms. The van der Waals surface area contributed by atoms with Crippen LogP contribution in [-0.2, 0) is 9.53 Å². The Bertz CT molecular complexity index is 186. The zero-order valence-electron chi connectivity index (χ0n) is 8.71. The topological polar surface area (TPSA) is 29.5 Å². The number of carbonyl (C=O) groups excluding carboxylic acids is 1. The number of unbranched alkanes of at least 4 members (excludes halogenated alkanes) is 1. The largest absolute Gasteiger partial charge is 0.463 e. The molecule has 0 aromatic carbocycles. The van der Waals surface area contributed by atoms with E-state index in [4.69, 9.17) is 4.74 Å². The summed E-state index contributed by atoms with van der Waals surface area (Å²) in [5, 5.41) is 0. The van der Waals surface area contributed by atoms with E-state index in [1.54, 1.807) is 0 Å². The van der Waals surface area contributed by atoms with Crippen molar-refractivity contribution >= 4 is 5.97 Å². The first kappa shape index (κ1) is 11.2. The van der Waals surface area contributed by atoms with E-state index < -0.39 is 0 Å². The molecule has 1 aliphatic heterocycles. The summed E-state index contributed by atoms with van der Waals surface area (Å²) in [6.07, 6.45) is 5.96. The van der Waals surface area contributed by atoms with E-state index in [1.807, 2.05) is 0 Å². The van der Waals surface area contributed by atoms with Gasteiger partial charge >= 0.3 is 5.97 Å². The smallest absolute Gasteiger partial charge is 0.330 e. The summed E-state index contributed by atoms with van der Waals surface area (Å²) >= 11 is 0. The number of hydrogen-bond donors (Lipinski definition) is 0. The Balaban J connectivity index is 1.88. The lowest BCUT2D eigenvalue weighted by Crippen LogP contribution is -2.20. The normalized spacial score (nSPS) is 16.9. The maximum absolute atomic E-state index is 10.7. The van der Waals surface area contributed by atoms with Crippen molar-refractivity contribution in [2.45, 2.75) is 25.7 Å². The molecule has 1 rings (SSSR count). The van der Waals surface area contributed by atoms with Gasteiger partial charge in [0.05, 0.1) is 6.61 Å². The summed E-state index contributed by atoms with van der Waals surface area (Å²) in [6.45, 7) is 7.50. The third-order valence-corrected chi connectivity index (χ3v) is 2.48. The summed E-state index contributed by atoms with van der Waals surface area (Å²) in [5.74, 6) is -0.314. The number of rotatable bonds is 6. The number of likely N-dealkylation sites (tertiary alicyclic amines) is 1. The highest BCUT2D eigenvalue weighted by Gasteiger charge is 2.09. The third-order valence-electron chi connectivity index (χ3n) is 2.48. The lowest BCUT2D eigenvalue weighted by atomic mass is 10.3. The first-order valence-electron chi connectivity index (χ1n) is 5.34. The molecule has 0 saturated carbocycles. The van der Waals surface area contributed by atoms with Crippen LogP contribution in [0.5, 0.6) is 0 Å². The fraction of sp³-hybridized carbons (Fsp3) is 0.727. The lowest BCUT2D eigenvalue weighted by molar-refractivity contribution is -0.137. The summed E-state index contributed by atoms with van der Waals surface area (Å²) < 4.78 is 4.88. The van der Waals surface area contributed by atoms with Crippen molar-refractivity contribution in [1.82, 2.24) is 4.90 Å². The van der Waals surface area contributed by atoms with E-state index in [-0.39, 0.29) is 5.97 Å². The Kier molecular flexibility index (Phi) is 5.30. The number of hydrogen-bond acceptors (Lipinski definition) is 3. The zero-order valence-corrected chi connectivity index (χ0v) is 8.71. The van der Waals surface area contributed by atoms with E-state index >= 15 is 0 Å². The standard InChI is InChI=1S/C11H19NO2/c1-2-11(13)14-10-6-5-9-12-7-3-4-8-12/h2H,1,3-10H2. The van der Waals surface area contributed by atoms with Gasteiger partial charge in [-0.2, -0.15) is 0 Å². The van der Waals surface area contributed by atoms with Crippen LogP contribution in [0, 0.1) is 0 Å². The van der Waals surface area contributed by atoms with Crippen LogP contribution in [0.4, 0.5) is 0 Å². The minimum atomic E-state index is -0.314. The van der Waals surface area contributed by atoms with E-state index in [0.717, 1.165) is 19.4 Å². The fourth-order valence-corrected chi connectivity index (χ4v) is 1.68. The lowest BCUT2D eigenvalue weighted by Gasteiger charge is -2.13. The van der Waals surface area contributed by atoms with Gasteiger partial charge in [-0.05, 0) is 45.3 Å². The Hall–Kier alpha value is -0.830. The summed E-state index contributed by atoms with van der Waals surface area (Å²) in [6, 6.07) is 0. The van der Waals surface area contributed by atoms with Gasteiger partial charge in [0.1, 0.15) is 0 Å².